The van der Waals surface area contributed by atoms with Crippen LogP contribution in [0.15, 0.2) is 48.6 Å². The maximum absolute atomic E-state index is 6.13. The quantitative estimate of drug-likeness (QED) is 0.300. The standard InChI is InChI=1S/C22H36O2/c1-3-5-7-9-11-16-20-23-22(18-14-13-15-19-22)24-21-17-12-10-8-6-4-2/h7-12,16-17H,3-6,13-15,18-21H2,1-2H3/b9-7+,10-8+,16-11+,17-12+. The summed E-state index contributed by atoms with van der Waals surface area (Å²) in [7, 11) is 0. The van der Waals surface area contributed by atoms with Crippen molar-refractivity contribution in [2.24, 2.45) is 0 Å². The smallest absolute Gasteiger partial charge is 0.169 e. The molecule has 1 fully saturated rings. The highest BCUT2D eigenvalue weighted by Crippen LogP contribution is 2.32. The van der Waals surface area contributed by atoms with Crippen molar-refractivity contribution in [3.8, 4) is 0 Å². The summed E-state index contributed by atoms with van der Waals surface area (Å²) in [4.78, 5) is 0. The van der Waals surface area contributed by atoms with Gasteiger partial charge >= 0.3 is 0 Å². The first-order valence-corrected chi connectivity index (χ1v) is 9.74. The van der Waals surface area contributed by atoms with Gasteiger partial charge in [0.15, 0.2) is 5.79 Å². The van der Waals surface area contributed by atoms with E-state index in [9.17, 15) is 0 Å². The van der Waals surface area contributed by atoms with Gasteiger partial charge in [-0.2, -0.15) is 0 Å². The van der Waals surface area contributed by atoms with Crippen LogP contribution in [0.2, 0.25) is 0 Å². The Morgan fingerprint density at radius 1 is 0.667 bits per heavy atom. The Hall–Kier alpha value is -1.12. The lowest BCUT2D eigenvalue weighted by Gasteiger charge is -2.36. The molecule has 0 N–H and O–H groups in total. The average Bonchev–Trinajstić information content (AvgIpc) is 2.61. The van der Waals surface area contributed by atoms with Crippen LogP contribution in [0.3, 0.4) is 0 Å². The minimum absolute atomic E-state index is 0.382. The lowest BCUT2D eigenvalue weighted by molar-refractivity contribution is -0.241. The van der Waals surface area contributed by atoms with Crippen LogP contribution in [0.4, 0.5) is 0 Å². The van der Waals surface area contributed by atoms with E-state index in [4.69, 9.17) is 9.47 Å². The van der Waals surface area contributed by atoms with Gasteiger partial charge in [-0.15, -0.1) is 0 Å². The minimum atomic E-state index is -0.382. The fourth-order valence-electron chi connectivity index (χ4n) is 2.77. The van der Waals surface area contributed by atoms with Gasteiger partial charge in [-0.25, -0.2) is 0 Å². The molecule has 0 aromatic heterocycles. The molecular formula is C22H36O2. The molecule has 0 radical (unpaired) electrons. The van der Waals surface area contributed by atoms with Gasteiger partial charge in [0, 0.05) is 12.8 Å². The zero-order valence-electron chi connectivity index (χ0n) is 15.7. The SMILES string of the molecule is CCC/C=C/C=C/COC1(OC/C=C/C=C/CCC)CCCCC1. The highest BCUT2D eigenvalue weighted by Gasteiger charge is 2.33. The van der Waals surface area contributed by atoms with Gasteiger partial charge < -0.3 is 9.47 Å². The maximum Gasteiger partial charge on any atom is 0.169 e. The molecule has 2 heteroatoms. The molecule has 0 amide bonds. The van der Waals surface area contributed by atoms with E-state index in [0.29, 0.717) is 13.2 Å². The summed E-state index contributed by atoms with van der Waals surface area (Å²) in [5.74, 6) is -0.382. The van der Waals surface area contributed by atoms with Crippen LogP contribution >= 0.6 is 0 Å². The Morgan fingerprint density at radius 3 is 1.58 bits per heavy atom. The first-order valence-electron chi connectivity index (χ1n) is 9.74. The van der Waals surface area contributed by atoms with Crippen LogP contribution in [-0.2, 0) is 9.47 Å². The number of rotatable bonds is 12. The lowest BCUT2D eigenvalue weighted by atomic mass is 9.94. The van der Waals surface area contributed by atoms with Gasteiger partial charge in [-0.05, 0) is 25.7 Å². The van der Waals surface area contributed by atoms with Gasteiger partial charge in [0.1, 0.15) is 0 Å². The maximum atomic E-state index is 6.13. The molecule has 0 heterocycles. The Labute approximate surface area is 149 Å². The van der Waals surface area contributed by atoms with E-state index in [1.165, 1.54) is 32.1 Å². The molecule has 0 aromatic carbocycles. The van der Waals surface area contributed by atoms with Crippen LogP contribution in [0.1, 0.15) is 71.6 Å². The van der Waals surface area contributed by atoms with E-state index in [2.05, 4.69) is 62.5 Å². The second-order valence-corrected chi connectivity index (χ2v) is 6.38. The third kappa shape index (κ3) is 9.89. The number of hydrogen-bond donors (Lipinski definition) is 0. The Balaban J connectivity index is 2.36. The van der Waals surface area contributed by atoms with E-state index in [1.54, 1.807) is 0 Å². The number of ether oxygens (including phenoxy) is 2. The van der Waals surface area contributed by atoms with Gasteiger partial charge in [-0.1, -0.05) is 81.7 Å². The van der Waals surface area contributed by atoms with Crippen LogP contribution in [0, 0.1) is 0 Å². The van der Waals surface area contributed by atoms with Crippen molar-refractivity contribution in [1.82, 2.24) is 0 Å². The topological polar surface area (TPSA) is 18.5 Å². The number of hydrogen-bond acceptors (Lipinski definition) is 2. The molecule has 136 valence electrons. The van der Waals surface area contributed by atoms with Crippen molar-refractivity contribution in [3.63, 3.8) is 0 Å². The molecule has 24 heavy (non-hydrogen) atoms. The van der Waals surface area contributed by atoms with Crippen molar-refractivity contribution >= 4 is 0 Å². The minimum Gasteiger partial charge on any atom is -0.346 e. The fourth-order valence-corrected chi connectivity index (χ4v) is 2.77. The molecule has 2 nitrogen and oxygen atoms in total. The summed E-state index contributed by atoms with van der Waals surface area (Å²) in [5.41, 5.74) is 0. The molecular weight excluding hydrogens is 296 g/mol. The van der Waals surface area contributed by atoms with Crippen molar-refractivity contribution < 1.29 is 9.47 Å². The predicted molar refractivity (Wildman–Crippen MR) is 104 cm³/mol. The van der Waals surface area contributed by atoms with E-state index in [0.717, 1.165) is 25.7 Å². The summed E-state index contributed by atoms with van der Waals surface area (Å²) >= 11 is 0. The second-order valence-electron chi connectivity index (χ2n) is 6.38. The Morgan fingerprint density at radius 2 is 1.12 bits per heavy atom. The molecule has 0 atom stereocenters. The van der Waals surface area contributed by atoms with Crippen molar-refractivity contribution in [3.05, 3.63) is 48.6 Å². The van der Waals surface area contributed by atoms with Gasteiger partial charge in [0.2, 0.25) is 0 Å². The highest BCUT2D eigenvalue weighted by molar-refractivity contribution is 5.03. The third-order valence-corrected chi connectivity index (χ3v) is 4.18. The van der Waals surface area contributed by atoms with Gasteiger partial charge in [0.05, 0.1) is 13.2 Å². The fraction of sp³-hybridized carbons (Fsp3) is 0.636. The number of unbranched alkanes of at least 4 members (excludes halogenated alkanes) is 2. The predicted octanol–water partition coefficient (Wildman–Crippen LogP) is 6.51. The summed E-state index contributed by atoms with van der Waals surface area (Å²) < 4.78 is 12.3. The highest BCUT2D eigenvalue weighted by atomic mass is 16.7. The molecule has 0 unspecified atom stereocenters. The molecule has 0 spiro atoms. The second kappa shape index (κ2) is 14.2. The van der Waals surface area contributed by atoms with E-state index >= 15 is 0 Å². The largest absolute Gasteiger partial charge is 0.346 e. The molecule has 1 saturated carbocycles. The van der Waals surface area contributed by atoms with E-state index < -0.39 is 0 Å². The zero-order chi connectivity index (χ0) is 17.3. The molecule has 1 rings (SSSR count). The first-order chi connectivity index (χ1) is 11.8. The molecule has 1 aliphatic carbocycles. The lowest BCUT2D eigenvalue weighted by Crippen LogP contribution is -2.38. The Bertz CT molecular complexity index is 366. The molecule has 0 saturated heterocycles. The summed E-state index contributed by atoms with van der Waals surface area (Å²) in [6.07, 6.45) is 27.3. The summed E-state index contributed by atoms with van der Waals surface area (Å²) in [5, 5.41) is 0. The van der Waals surface area contributed by atoms with Crippen molar-refractivity contribution in [2.45, 2.75) is 77.4 Å². The Kier molecular flexibility index (Phi) is 12.4. The summed E-state index contributed by atoms with van der Waals surface area (Å²) in [6, 6.07) is 0. The average molecular weight is 333 g/mol. The summed E-state index contributed by atoms with van der Waals surface area (Å²) in [6.45, 7) is 5.62. The number of allylic oxidation sites excluding steroid dienone is 6. The molecule has 0 aliphatic heterocycles. The zero-order valence-corrected chi connectivity index (χ0v) is 15.7. The van der Waals surface area contributed by atoms with Crippen LogP contribution in [0.5, 0.6) is 0 Å². The van der Waals surface area contributed by atoms with E-state index in [-0.39, 0.29) is 5.79 Å². The normalized spacial score (nSPS) is 18.6. The first kappa shape index (κ1) is 20.9. The molecule has 0 aromatic rings. The van der Waals surface area contributed by atoms with Crippen molar-refractivity contribution in [1.29, 1.82) is 0 Å². The molecule has 1 aliphatic rings. The molecule has 0 bridgehead atoms. The monoisotopic (exact) mass is 332 g/mol. The van der Waals surface area contributed by atoms with Crippen molar-refractivity contribution in [2.75, 3.05) is 13.2 Å². The van der Waals surface area contributed by atoms with Crippen LogP contribution < -0.4 is 0 Å². The van der Waals surface area contributed by atoms with E-state index in [1.807, 2.05) is 0 Å². The van der Waals surface area contributed by atoms with Crippen LogP contribution in [-0.4, -0.2) is 19.0 Å². The third-order valence-electron chi connectivity index (χ3n) is 4.18. The van der Waals surface area contributed by atoms with Gasteiger partial charge in [-0.3, -0.25) is 0 Å². The van der Waals surface area contributed by atoms with Gasteiger partial charge in [0.25, 0.3) is 0 Å². The van der Waals surface area contributed by atoms with Crippen LogP contribution in [0.25, 0.3) is 0 Å².